The maximum Gasteiger partial charge on any atom is 0.0779 e. The predicted octanol–water partition coefficient (Wildman–Crippen LogP) is 1.36. The molecule has 0 fully saturated rings. The molecule has 50 valence electrons. The van der Waals surface area contributed by atoms with Gasteiger partial charge in [-0.25, -0.2) is 0 Å². The van der Waals surface area contributed by atoms with E-state index in [9.17, 15) is 5.21 Å². The van der Waals surface area contributed by atoms with Crippen molar-refractivity contribution in [3.05, 3.63) is 5.21 Å². The van der Waals surface area contributed by atoms with Gasteiger partial charge < -0.3 is 9.85 Å². The van der Waals surface area contributed by atoms with Crippen LogP contribution >= 0.6 is 0 Å². The van der Waals surface area contributed by atoms with Crippen molar-refractivity contribution < 1.29 is 4.65 Å². The van der Waals surface area contributed by atoms with Gasteiger partial charge in [0.05, 0.1) is 20.1 Å². The van der Waals surface area contributed by atoms with Crippen molar-refractivity contribution in [2.45, 2.75) is 20.3 Å². The van der Waals surface area contributed by atoms with Crippen LogP contribution in [0.2, 0.25) is 0 Å². The summed E-state index contributed by atoms with van der Waals surface area (Å²) in [7, 11) is 1.71. The van der Waals surface area contributed by atoms with Crippen LogP contribution in [-0.4, -0.2) is 24.8 Å². The van der Waals surface area contributed by atoms with Crippen LogP contribution in [0.5, 0.6) is 0 Å². The third-order valence-electron chi connectivity index (χ3n) is 1.37. The highest BCUT2D eigenvalue weighted by molar-refractivity contribution is 4.31. The minimum Gasteiger partial charge on any atom is -0.633 e. The highest BCUT2D eigenvalue weighted by Gasteiger charge is 2.01. The van der Waals surface area contributed by atoms with Gasteiger partial charge in [-0.2, -0.15) is 0 Å². The first kappa shape index (κ1) is 7.92. The molecule has 8 heavy (non-hydrogen) atoms. The Kier molecular flexibility index (Phi) is 3.02. The molecule has 0 saturated carbocycles. The van der Waals surface area contributed by atoms with Crippen LogP contribution in [0.15, 0.2) is 0 Å². The van der Waals surface area contributed by atoms with Crippen LogP contribution in [0.1, 0.15) is 20.3 Å². The van der Waals surface area contributed by atoms with Crippen LogP contribution in [-0.2, 0) is 0 Å². The van der Waals surface area contributed by atoms with Crippen LogP contribution in [0.4, 0.5) is 0 Å². The van der Waals surface area contributed by atoms with Crippen molar-refractivity contribution >= 4 is 0 Å². The highest BCUT2D eigenvalue weighted by Crippen LogP contribution is 1.97. The summed E-state index contributed by atoms with van der Waals surface area (Å²) >= 11 is 0. The standard InChI is InChI=1S/C6H15NO/c1-4-6-7(3,8)5-2/h4-6H2,1-3H3. The van der Waals surface area contributed by atoms with Crippen molar-refractivity contribution in [1.29, 1.82) is 0 Å². The first-order valence-electron chi connectivity index (χ1n) is 3.18. The van der Waals surface area contributed by atoms with Gasteiger partial charge in [-0.05, 0) is 13.3 Å². The molecule has 0 aromatic heterocycles. The molecule has 2 nitrogen and oxygen atoms in total. The zero-order chi connectivity index (χ0) is 6.62. The van der Waals surface area contributed by atoms with Crippen molar-refractivity contribution in [2.75, 3.05) is 20.1 Å². The lowest BCUT2D eigenvalue weighted by molar-refractivity contribution is -0.858. The second-order valence-electron chi connectivity index (χ2n) is 2.34. The summed E-state index contributed by atoms with van der Waals surface area (Å²) in [6, 6.07) is 0. The monoisotopic (exact) mass is 117 g/mol. The Hall–Kier alpha value is -0.0800. The molecule has 0 saturated heterocycles. The van der Waals surface area contributed by atoms with E-state index >= 15 is 0 Å². The molecule has 0 spiro atoms. The minimum atomic E-state index is -0.0868. The fourth-order valence-electron chi connectivity index (χ4n) is 0.631. The predicted molar refractivity (Wildman–Crippen MR) is 35.3 cm³/mol. The SMILES string of the molecule is CCC[N+](C)([O-])CC. The summed E-state index contributed by atoms with van der Waals surface area (Å²) < 4.78 is -0.0868. The normalized spacial score (nSPS) is 18.0. The molecule has 0 amide bonds. The van der Waals surface area contributed by atoms with E-state index in [-0.39, 0.29) is 4.65 Å². The molecular formula is C6H15NO. The molecule has 0 aliphatic carbocycles. The average Bonchev–Trinajstić information content (AvgIpc) is 1.67. The summed E-state index contributed by atoms with van der Waals surface area (Å²) in [4.78, 5) is 0. The lowest BCUT2D eigenvalue weighted by Crippen LogP contribution is -2.37. The Morgan fingerprint density at radius 1 is 1.38 bits per heavy atom. The Morgan fingerprint density at radius 3 is 2.00 bits per heavy atom. The van der Waals surface area contributed by atoms with Gasteiger partial charge >= 0.3 is 0 Å². The summed E-state index contributed by atoms with van der Waals surface area (Å²) in [5.74, 6) is 0. The third-order valence-corrected chi connectivity index (χ3v) is 1.37. The van der Waals surface area contributed by atoms with Crippen LogP contribution in [0.25, 0.3) is 0 Å². The Labute approximate surface area is 51.3 Å². The first-order valence-corrected chi connectivity index (χ1v) is 3.18. The molecule has 2 heteroatoms. The van der Waals surface area contributed by atoms with Crippen molar-refractivity contribution in [1.82, 2.24) is 0 Å². The molecule has 1 unspecified atom stereocenters. The van der Waals surface area contributed by atoms with Gasteiger partial charge in [0.1, 0.15) is 0 Å². The number of nitrogens with zero attached hydrogens (tertiary/aromatic N) is 1. The molecule has 1 atom stereocenters. The van der Waals surface area contributed by atoms with E-state index in [1.54, 1.807) is 7.05 Å². The van der Waals surface area contributed by atoms with Crippen molar-refractivity contribution in [3.63, 3.8) is 0 Å². The molecule has 0 aromatic rings. The smallest absolute Gasteiger partial charge is 0.0779 e. The molecule has 0 aromatic carbocycles. The lowest BCUT2D eigenvalue weighted by Gasteiger charge is -2.37. The molecule has 0 bridgehead atoms. The van der Waals surface area contributed by atoms with E-state index in [0.717, 1.165) is 13.0 Å². The van der Waals surface area contributed by atoms with Gasteiger partial charge in [0, 0.05) is 0 Å². The van der Waals surface area contributed by atoms with Gasteiger partial charge in [-0.15, -0.1) is 0 Å². The minimum absolute atomic E-state index is 0.0868. The van der Waals surface area contributed by atoms with E-state index in [0.29, 0.717) is 6.54 Å². The van der Waals surface area contributed by atoms with Crippen LogP contribution < -0.4 is 0 Å². The fourth-order valence-corrected chi connectivity index (χ4v) is 0.631. The van der Waals surface area contributed by atoms with Gasteiger partial charge in [0.15, 0.2) is 0 Å². The fraction of sp³-hybridized carbons (Fsp3) is 1.00. The van der Waals surface area contributed by atoms with Crippen LogP contribution in [0.3, 0.4) is 0 Å². The van der Waals surface area contributed by atoms with E-state index in [1.165, 1.54) is 0 Å². The van der Waals surface area contributed by atoms with Gasteiger partial charge in [-0.3, -0.25) is 0 Å². The molecule has 0 aliphatic rings. The average molecular weight is 117 g/mol. The quantitative estimate of drug-likeness (QED) is 0.404. The van der Waals surface area contributed by atoms with E-state index in [2.05, 4.69) is 0 Å². The van der Waals surface area contributed by atoms with E-state index < -0.39 is 0 Å². The number of hydrogen-bond acceptors (Lipinski definition) is 1. The molecule has 0 radical (unpaired) electrons. The number of quaternary nitrogens is 1. The van der Waals surface area contributed by atoms with E-state index in [4.69, 9.17) is 0 Å². The lowest BCUT2D eigenvalue weighted by atomic mass is 10.4. The molecule has 0 rings (SSSR count). The third kappa shape index (κ3) is 2.99. The van der Waals surface area contributed by atoms with E-state index in [1.807, 2.05) is 13.8 Å². The summed E-state index contributed by atoms with van der Waals surface area (Å²) in [5, 5.41) is 11.0. The topological polar surface area (TPSA) is 23.1 Å². The Morgan fingerprint density at radius 2 is 1.88 bits per heavy atom. The van der Waals surface area contributed by atoms with Gasteiger partial charge in [-0.1, -0.05) is 6.92 Å². The number of hydrogen-bond donors (Lipinski definition) is 0. The number of rotatable bonds is 3. The maximum atomic E-state index is 11.0. The molecule has 0 heterocycles. The largest absolute Gasteiger partial charge is 0.633 e. The summed E-state index contributed by atoms with van der Waals surface area (Å²) in [5.41, 5.74) is 0. The summed E-state index contributed by atoms with van der Waals surface area (Å²) in [6.45, 7) is 5.39. The molecule has 0 N–H and O–H groups in total. The summed E-state index contributed by atoms with van der Waals surface area (Å²) in [6.07, 6.45) is 0.980. The molecule has 0 aliphatic heterocycles. The second-order valence-corrected chi connectivity index (χ2v) is 2.34. The Balaban J connectivity index is 3.37. The van der Waals surface area contributed by atoms with Crippen LogP contribution in [0, 0.1) is 5.21 Å². The highest BCUT2D eigenvalue weighted by atomic mass is 16.5. The van der Waals surface area contributed by atoms with Gasteiger partial charge in [0.2, 0.25) is 0 Å². The Bertz CT molecular complexity index is 61.5. The number of hydroxylamine groups is 3. The zero-order valence-electron chi connectivity index (χ0n) is 5.98. The maximum absolute atomic E-state index is 11.0. The van der Waals surface area contributed by atoms with Crippen molar-refractivity contribution in [3.8, 4) is 0 Å². The zero-order valence-corrected chi connectivity index (χ0v) is 5.98. The van der Waals surface area contributed by atoms with Gasteiger partial charge in [0.25, 0.3) is 0 Å². The molecular weight excluding hydrogens is 102 g/mol. The second kappa shape index (κ2) is 3.05. The first-order chi connectivity index (χ1) is 3.62. The van der Waals surface area contributed by atoms with Crippen molar-refractivity contribution in [2.24, 2.45) is 0 Å².